The summed E-state index contributed by atoms with van der Waals surface area (Å²) in [5.74, 6) is 1.39. The van der Waals surface area contributed by atoms with Crippen LogP contribution in [-0.2, 0) is 13.0 Å². The highest BCUT2D eigenvalue weighted by Crippen LogP contribution is 2.30. The molecule has 2 aromatic carbocycles. The molecule has 1 atom stereocenters. The van der Waals surface area contributed by atoms with E-state index in [-0.39, 0.29) is 6.04 Å². The molecule has 4 nitrogen and oxygen atoms in total. The quantitative estimate of drug-likeness (QED) is 0.664. The van der Waals surface area contributed by atoms with E-state index < -0.39 is 0 Å². The summed E-state index contributed by atoms with van der Waals surface area (Å²) in [6.07, 6.45) is 4.21. The molecule has 5 heteroatoms. The van der Waals surface area contributed by atoms with Gasteiger partial charge < -0.3 is 15.2 Å². The third-order valence-electron chi connectivity index (χ3n) is 4.13. The summed E-state index contributed by atoms with van der Waals surface area (Å²) in [4.78, 5) is 4.02. The number of methoxy groups -OCH3 is 1. The first-order valence-corrected chi connectivity index (χ1v) is 8.73. The van der Waals surface area contributed by atoms with Crippen LogP contribution in [0.4, 0.5) is 0 Å². The molecule has 0 amide bonds. The number of pyridine rings is 1. The number of benzene rings is 2. The minimum absolute atomic E-state index is 0.0939. The summed E-state index contributed by atoms with van der Waals surface area (Å²) in [5.41, 5.74) is 9.48. The average molecular weight is 369 g/mol. The van der Waals surface area contributed by atoms with Gasteiger partial charge in [-0.1, -0.05) is 29.8 Å². The fourth-order valence-electron chi connectivity index (χ4n) is 2.68. The Labute approximate surface area is 158 Å². The molecule has 0 bridgehead atoms. The van der Waals surface area contributed by atoms with Gasteiger partial charge in [0.2, 0.25) is 0 Å². The molecule has 1 unspecified atom stereocenters. The molecule has 0 saturated carbocycles. The minimum Gasteiger partial charge on any atom is -0.493 e. The zero-order valence-corrected chi connectivity index (χ0v) is 15.3. The largest absolute Gasteiger partial charge is 0.493 e. The van der Waals surface area contributed by atoms with Crippen molar-refractivity contribution in [2.75, 3.05) is 7.11 Å². The Morgan fingerprint density at radius 1 is 0.962 bits per heavy atom. The van der Waals surface area contributed by atoms with E-state index in [0.29, 0.717) is 29.5 Å². The van der Waals surface area contributed by atoms with Crippen LogP contribution >= 0.6 is 11.6 Å². The lowest BCUT2D eigenvalue weighted by Crippen LogP contribution is -2.13. The SMILES string of the molecule is COc1cc(CC(N)c2ccncc2)ccc1OCc1ccc(Cl)cc1. The average Bonchev–Trinajstić information content (AvgIpc) is 2.68. The second-order valence-corrected chi connectivity index (χ2v) is 6.43. The van der Waals surface area contributed by atoms with Gasteiger partial charge in [0.05, 0.1) is 7.11 Å². The van der Waals surface area contributed by atoms with Crippen LogP contribution in [0.5, 0.6) is 11.5 Å². The molecule has 0 saturated heterocycles. The highest BCUT2D eigenvalue weighted by Gasteiger charge is 2.11. The molecule has 0 aliphatic carbocycles. The fraction of sp³-hybridized carbons (Fsp3) is 0.190. The number of nitrogens with zero attached hydrogens (tertiary/aromatic N) is 1. The topological polar surface area (TPSA) is 57.4 Å². The third-order valence-corrected chi connectivity index (χ3v) is 4.38. The van der Waals surface area contributed by atoms with Gasteiger partial charge in [-0.15, -0.1) is 0 Å². The highest BCUT2D eigenvalue weighted by molar-refractivity contribution is 6.30. The normalized spacial score (nSPS) is 11.8. The summed E-state index contributed by atoms with van der Waals surface area (Å²) >= 11 is 5.91. The molecule has 1 aromatic heterocycles. The highest BCUT2D eigenvalue weighted by atomic mass is 35.5. The van der Waals surface area contributed by atoms with Crippen LogP contribution in [0.2, 0.25) is 5.02 Å². The second kappa shape index (κ2) is 8.70. The summed E-state index contributed by atoms with van der Waals surface area (Å²) in [7, 11) is 1.64. The maximum absolute atomic E-state index is 6.29. The Bertz CT molecular complexity index is 838. The lowest BCUT2D eigenvalue weighted by Gasteiger charge is -2.15. The van der Waals surface area contributed by atoms with Crippen molar-refractivity contribution in [2.24, 2.45) is 5.73 Å². The van der Waals surface area contributed by atoms with E-state index in [1.54, 1.807) is 19.5 Å². The van der Waals surface area contributed by atoms with Crippen molar-refractivity contribution in [3.05, 3.63) is 88.7 Å². The van der Waals surface area contributed by atoms with Crippen molar-refractivity contribution in [1.82, 2.24) is 4.98 Å². The van der Waals surface area contributed by atoms with Gasteiger partial charge in [-0.25, -0.2) is 0 Å². The van der Waals surface area contributed by atoms with Gasteiger partial charge in [0, 0.05) is 23.5 Å². The number of hydrogen-bond acceptors (Lipinski definition) is 4. The van der Waals surface area contributed by atoms with E-state index >= 15 is 0 Å². The molecular weight excluding hydrogens is 348 g/mol. The Balaban J connectivity index is 1.68. The fourth-order valence-corrected chi connectivity index (χ4v) is 2.81. The summed E-state index contributed by atoms with van der Waals surface area (Å²) in [6, 6.07) is 17.3. The Morgan fingerprint density at radius 3 is 2.35 bits per heavy atom. The van der Waals surface area contributed by atoms with Crippen molar-refractivity contribution in [3.63, 3.8) is 0 Å². The van der Waals surface area contributed by atoms with Gasteiger partial charge in [-0.2, -0.15) is 0 Å². The maximum Gasteiger partial charge on any atom is 0.161 e. The third kappa shape index (κ3) is 4.75. The van der Waals surface area contributed by atoms with Crippen LogP contribution in [0.1, 0.15) is 22.7 Å². The van der Waals surface area contributed by atoms with E-state index in [2.05, 4.69) is 4.98 Å². The first-order chi connectivity index (χ1) is 12.7. The van der Waals surface area contributed by atoms with Crippen molar-refractivity contribution in [2.45, 2.75) is 19.1 Å². The van der Waals surface area contributed by atoms with Crippen LogP contribution in [-0.4, -0.2) is 12.1 Å². The van der Waals surface area contributed by atoms with E-state index in [1.165, 1.54) is 0 Å². The van der Waals surface area contributed by atoms with Gasteiger partial charge in [0.25, 0.3) is 0 Å². The molecular formula is C21H21ClN2O2. The van der Waals surface area contributed by atoms with E-state index in [9.17, 15) is 0 Å². The Kier molecular flexibility index (Phi) is 6.10. The molecule has 2 N–H and O–H groups in total. The molecule has 1 heterocycles. The molecule has 134 valence electrons. The van der Waals surface area contributed by atoms with Crippen LogP contribution in [0.15, 0.2) is 67.0 Å². The zero-order valence-electron chi connectivity index (χ0n) is 14.6. The van der Waals surface area contributed by atoms with Gasteiger partial charge in [-0.05, 0) is 59.5 Å². The number of ether oxygens (including phenoxy) is 2. The van der Waals surface area contributed by atoms with Gasteiger partial charge in [-0.3, -0.25) is 4.98 Å². The molecule has 0 radical (unpaired) electrons. The number of rotatable bonds is 7. The van der Waals surface area contributed by atoms with Crippen LogP contribution in [0, 0.1) is 0 Å². The number of hydrogen-bond donors (Lipinski definition) is 1. The van der Waals surface area contributed by atoms with E-state index in [1.807, 2.05) is 54.6 Å². The monoisotopic (exact) mass is 368 g/mol. The Hall–Kier alpha value is -2.56. The lowest BCUT2D eigenvalue weighted by atomic mass is 10.0. The first-order valence-electron chi connectivity index (χ1n) is 8.35. The van der Waals surface area contributed by atoms with Crippen LogP contribution < -0.4 is 15.2 Å². The first kappa shape index (κ1) is 18.2. The summed E-state index contributed by atoms with van der Waals surface area (Å²) < 4.78 is 11.4. The smallest absolute Gasteiger partial charge is 0.161 e. The molecule has 0 fully saturated rings. The van der Waals surface area contributed by atoms with Gasteiger partial charge >= 0.3 is 0 Å². The number of nitrogens with two attached hydrogens (primary N) is 1. The lowest BCUT2D eigenvalue weighted by molar-refractivity contribution is 0.284. The van der Waals surface area contributed by atoms with Crippen molar-refractivity contribution in [1.29, 1.82) is 0 Å². The summed E-state index contributed by atoms with van der Waals surface area (Å²) in [6.45, 7) is 0.448. The molecule has 3 rings (SSSR count). The molecule has 0 aliphatic rings. The molecule has 0 spiro atoms. The zero-order chi connectivity index (χ0) is 18.4. The van der Waals surface area contributed by atoms with Crippen molar-refractivity contribution in [3.8, 4) is 11.5 Å². The molecule has 26 heavy (non-hydrogen) atoms. The van der Waals surface area contributed by atoms with Gasteiger partial charge in [0.1, 0.15) is 6.61 Å². The standard InChI is InChI=1S/C21H21ClN2O2/c1-25-21-13-16(12-19(23)17-8-10-24-11-9-17)4-7-20(21)26-14-15-2-5-18(22)6-3-15/h2-11,13,19H,12,14,23H2,1H3. The van der Waals surface area contributed by atoms with Crippen molar-refractivity contribution < 1.29 is 9.47 Å². The molecule has 0 aliphatic heterocycles. The molecule has 3 aromatic rings. The van der Waals surface area contributed by atoms with Crippen molar-refractivity contribution >= 4 is 11.6 Å². The van der Waals surface area contributed by atoms with E-state index in [4.69, 9.17) is 26.8 Å². The van der Waals surface area contributed by atoms with E-state index in [0.717, 1.165) is 16.7 Å². The number of halogens is 1. The number of aromatic nitrogens is 1. The minimum atomic E-state index is -0.0939. The van der Waals surface area contributed by atoms with Crippen LogP contribution in [0.25, 0.3) is 0 Å². The van der Waals surface area contributed by atoms with Gasteiger partial charge in [0.15, 0.2) is 11.5 Å². The predicted octanol–water partition coefficient (Wildman–Crippen LogP) is 4.57. The Morgan fingerprint density at radius 2 is 1.65 bits per heavy atom. The summed E-state index contributed by atoms with van der Waals surface area (Å²) in [5, 5.41) is 0.709. The van der Waals surface area contributed by atoms with Crippen LogP contribution in [0.3, 0.4) is 0 Å². The predicted molar refractivity (Wildman–Crippen MR) is 104 cm³/mol. The second-order valence-electron chi connectivity index (χ2n) is 5.99. The maximum atomic E-state index is 6.29.